The number of fused-ring (bicyclic) bond motifs is 5. The lowest BCUT2D eigenvalue weighted by Gasteiger charge is -2.59. The number of aliphatic hydroxyl groups excluding tert-OH is 3. The number of alkyl carbamates (subject to hydrolysis) is 1. The number of carbonyl (C=O) groups is 3. The Bertz CT molecular complexity index is 2140. The molecule has 2 heterocycles. The summed E-state index contributed by atoms with van der Waals surface area (Å²) in [5.41, 5.74) is 0.0220. The van der Waals surface area contributed by atoms with Gasteiger partial charge in [0.25, 0.3) is 0 Å². The lowest BCUT2D eigenvalue weighted by molar-refractivity contribution is -0.333. The number of ketones is 1. The molecule has 15 nitrogen and oxygen atoms in total. The van der Waals surface area contributed by atoms with Crippen molar-refractivity contribution in [2.75, 3.05) is 20.3 Å². The van der Waals surface area contributed by atoms with Gasteiger partial charge >= 0.3 is 12.1 Å². The molecule has 5 N–H and O–H groups in total. The number of rotatable bonds is 15. The van der Waals surface area contributed by atoms with Crippen LogP contribution in [0, 0.1) is 46.3 Å². The first-order chi connectivity index (χ1) is 32.9. The van der Waals surface area contributed by atoms with Crippen LogP contribution >= 0.6 is 0 Å². The van der Waals surface area contributed by atoms with Gasteiger partial charge in [-0.25, -0.2) is 9.59 Å². The van der Waals surface area contributed by atoms with Crippen LogP contribution in [0.2, 0.25) is 0 Å². The summed E-state index contributed by atoms with van der Waals surface area (Å²) >= 11 is 0. The van der Waals surface area contributed by atoms with Gasteiger partial charge in [0.05, 0.1) is 44.2 Å². The van der Waals surface area contributed by atoms with Gasteiger partial charge in [0, 0.05) is 30.2 Å². The highest BCUT2D eigenvalue weighted by Crippen LogP contribution is 2.69. The van der Waals surface area contributed by atoms with Crippen LogP contribution in [0.15, 0.2) is 66.2 Å². The van der Waals surface area contributed by atoms with E-state index in [2.05, 4.69) is 39.1 Å². The van der Waals surface area contributed by atoms with Crippen LogP contribution in [0.1, 0.15) is 115 Å². The number of ether oxygens (including phenoxy) is 7. The van der Waals surface area contributed by atoms with Crippen LogP contribution in [0.25, 0.3) is 0 Å². The topological polar surface area (TPSA) is 209 Å². The number of nitrogens with one attached hydrogen (secondary N) is 1. The number of hydrogen-bond donors (Lipinski definition) is 5. The van der Waals surface area contributed by atoms with Gasteiger partial charge in [-0.15, -0.1) is 0 Å². The van der Waals surface area contributed by atoms with E-state index in [1.807, 2.05) is 37.3 Å². The molecular formula is C54H75NO14. The van der Waals surface area contributed by atoms with Gasteiger partial charge < -0.3 is 58.9 Å². The van der Waals surface area contributed by atoms with Crippen molar-refractivity contribution in [3.8, 4) is 5.75 Å². The third-order valence-electron chi connectivity index (χ3n) is 17.3. The van der Waals surface area contributed by atoms with E-state index in [0.29, 0.717) is 49.7 Å². The standard InChI is InChI=1S/C54H75NO14/c1-30(2)13-20-41(57)32(4)54(62)44(26-40-38-19-16-35-25-36(56)21-23-52(35,5)39(38)22-24-53(40,54)6)66-49-31(3)45(42(58)28-64-49)68-50-47(67-48(60)34-14-17-37(63-7)18-15-34)46(43(59)29-65-50)69-51(61)55-27-33-11-9-8-10-12-33/h8-12,14-18,30-32,36,38-40,42-47,49-50,56,58-59,62H,13,19-29H2,1-7H3,(H,55,61)/t31?,32-,36+,38-,39?,40+,42?,43?,44+,45?,46?,47?,49?,50?,52+,53+,54-/m1/s1. The summed E-state index contributed by atoms with van der Waals surface area (Å²) in [4.78, 5) is 41.3. The molecule has 1 amide bonds. The van der Waals surface area contributed by atoms with Crippen molar-refractivity contribution in [1.29, 1.82) is 0 Å². The summed E-state index contributed by atoms with van der Waals surface area (Å²) in [5.74, 6) is -0.844. The Balaban J connectivity index is 1.05. The summed E-state index contributed by atoms with van der Waals surface area (Å²) in [6.45, 7) is 11.9. The smallest absolute Gasteiger partial charge is 0.407 e. The normalized spacial score (nSPS) is 39.0. The lowest BCUT2D eigenvalue weighted by Crippen LogP contribution is -2.62. The molecule has 17 atom stereocenters. The molecule has 0 spiro atoms. The summed E-state index contributed by atoms with van der Waals surface area (Å²) in [6.07, 6.45) is -2.48. The van der Waals surface area contributed by atoms with Gasteiger partial charge in [0.2, 0.25) is 0 Å². The molecule has 380 valence electrons. The van der Waals surface area contributed by atoms with E-state index in [0.717, 1.165) is 31.2 Å². The maximum absolute atomic E-state index is 14.2. The molecule has 2 aromatic carbocycles. The van der Waals surface area contributed by atoms with Crippen molar-refractivity contribution in [1.82, 2.24) is 5.32 Å². The first kappa shape index (κ1) is 51.4. The zero-order valence-corrected chi connectivity index (χ0v) is 41.3. The summed E-state index contributed by atoms with van der Waals surface area (Å²) < 4.78 is 42.9. The number of aliphatic hydroxyl groups is 4. The number of methoxy groups -OCH3 is 1. The van der Waals surface area contributed by atoms with Gasteiger partial charge in [-0.05, 0) is 110 Å². The Morgan fingerprint density at radius 2 is 1.54 bits per heavy atom. The van der Waals surface area contributed by atoms with Crippen molar-refractivity contribution in [3.63, 3.8) is 0 Å². The van der Waals surface area contributed by atoms with Crippen LogP contribution < -0.4 is 10.1 Å². The number of amides is 1. The maximum Gasteiger partial charge on any atom is 0.407 e. The molecule has 0 aromatic heterocycles. The predicted molar refractivity (Wildman–Crippen MR) is 252 cm³/mol. The minimum atomic E-state index is -1.56. The minimum Gasteiger partial charge on any atom is -0.497 e. The van der Waals surface area contributed by atoms with E-state index < -0.39 is 84.1 Å². The number of allylic oxidation sites excluding steroid dienone is 1. The Labute approximate surface area is 406 Å². The summed E-state index contributed by atoms with van der Waals surface area (Å²) in [7, 11) is 1.50. The van der Waals surface area contributed by atoms with Gasteiger partial charge in [-0.3, -0.25) is 4.79 Å². The SMILES string of the molecule is COc1ccc(C(=O)OC2C(OC3C(O)COC(O[C@H]4C[C@H]5[C@@H]6CC=C7C[C@@H](O)CC[C@]7(C)C6CC[C@]5(C)[C@@]4(O)[C@H](C)C(=O)CCC(C)C)C3C)OCC(O)C2OC(=O)NCc2ccccc2)cc1. The number of carbonyl (C=O) groups excluding carboxylic acids is 3. The molecular weight excluding hydrogens is 887 g/mol. The highest BCUT2D eigenvalue weighted by molar-refractivity contribution is 5.89. The van der Waals surface area contributed by atoms with E-state index in [-0.39, 0.29) is 54.5 Å². The molecule has 8 rings (SSSR count). The molecule has 2 aromatic rings. The van der Waals surface area contributed by atoms with Gasteiger partial charge in [-0.1, -0.05) is 83.5 Å². The van der Waals surface area contributed by atoms with Gasteiger partial charge in [0.15, 0.2) is 24.8 Å². The first-order valence-corrected chi connectivity index (χ1v) is 25.2. The minimum absolute atomic E-state index is 0.00511. The highest BCUT2D eigenvalue weighted by Gasteiger charge is 2.70. The Morgan fingerprint density at radius 1 is 0.841 bits per heavy atom. The largest absolute Gasteiger partial charge is 0.497 e. The van der Waals surface area contributed by atoms with E-state index >= 15 is 0 Å². The van der Waals surface area contributed by atoms with Crippen LogP contribution in [0.5, 0.6) is 5.75 Å². The van der Waals surface area contributed by atoms with Crippen LogP contribution in [-0.4, -0.2) is 120 Å². The Morgan fingerprint density at radius 3 is 2.23 bits per heavy atom. The molecule has 2 aliphatic heterocycles. The highest BCUT2D eigenvalue weighted by atomic mass is 16.7. The molecule has 0 radical (unpaired) electrons. The molecule has 4 aliphatic carbocycles. The molecule has 9 unspecified atom stereocenters. The maximum atomic E-state index is 14.2. The van der Waals surface area contributed by atoms with Crippen LogP contribution in [0.3, 0.4) is 0 Å². The molecule has 0 bridgehead atoms. The number of Topliss-reactive ketones (excluding diaryl/α,β-unsaturated/α-hetero) is 1. The Kier molecular flexibility index (Phi) is 15.7. The van der Waals surface area contributed by atoms with Crippen molar-refractivity contribution in [2.24, 2.45) is 46.3 Å². The fourth-order valence-electron chi connectivity index (χ4n) is 13.1. The van der Waals surface area contributed by atoms with Crippen molar-refractivity contribution < 1.29 is 68.0 Å². The molecule has 6 aliphatic rings. The molecule has 15 heteroatoms. The van der Waals surface area contributed by atoms with Crippen LogP contribution in [-0.2, 0) is 39.8 Å². The van der Waals surface area contributed by atoms with Crippen molar-refractivity contribution in [2.45, 2.75) is 167 Å². The zero-order chi connectivity index (χ0) is 49.4. The van der Waals surface area contributed by atoms with E-state index in [4.69, 9.17) is 33.2 Å². The van der Waals surface area contributed by atoms with E-state index in [1.165, 1.54) is 24.8 Å². The first-order valence-electron chi connectivity index (χ1n) is 25.2. The average molecular weight is 962 g/mol. The van der Waals surface area contributed by atoms with Crippen molar-refractivity contribution >= 4 is 17.8 Å². The zero-order valence-electron chi connectivity index (χ0n) is 41.3. The van der Waals surface area contributed by atoms with Crippen LogP contribution in [0.4, 0.5) is 4.79 Å². The lowest BCUT2D eigenvalue weighted by atomic mass is 9.46. The van der Waals surface area contributed by atoms with Crippen molar-refractivity contribution in [3.05, 3.63) is 77.4 Å². The average Bonchev–Trinajstić information content (AvgIpc) is 3.57. The third kappa shape index (κ3) is 10.1. The van der Waals surface area contributed by atoms with Gasteiger partial charge in [0.1, 0.15) is 29.3 Å². The van der Waals surface area contributed by atoms with E-state index in [1.54, 1.807) is 19.1 Å². The predicted octanol–water partition coefficient (Wildman–Crippen LogP) is 6.66. The number of benzene rings is 2. The fraction of sp³-hybridized carbons (Fsp3) is 0.685. The monoisotopic (exact) mass is 962 g/mol. The molecule has 3 saturated carbocycles. The third-order valence-corrected chi connectivity index (χ3v) is 17.3. The Hall–Kier alpha value is -3.93. The molecule has 5 fully saturated rings. The molecule has 2 saturated heterocycles. The summed E-state index contributed by atoms with van der Waals surface area (Å²) in [6, 6.07) is 15.4. The van der Waals surface area contributed by atoms with E-state index in [9.17, 15) is 34.8 Å². The summed E-state index contributed by atoms with van der Waals surface area (Å²) in [5, 5.41) is 49.7. The quantitative estimate of drug-likeness (QED) is 0.0935. The number of hydrogen-bond acceptors (Lipinski definition) is 14. The second-order valence-corrected chi connectivity index (χ2v) is 21.7. The second kappa shape index (κ2) is 21.0. The second-order valence-electron chi connectivity index (χ2n) is 21.7. The van der Waals surface area contributed by atoms with Gasteiger partial charge in [-0.2, -0.15) is 0 Å². The molecule has 69 heavy (non-hydrogen) atoms. The number of esters is 1. The fourth-order valence-corrected chi connectivity index (χ4v) is 13.1.